The highest BCUT2D eigenvalue weighted by atomic mass is 79.9. The average Bonchev–Trinajstić information content (AvgIpc) is 2.94. The fourth-order valence-corrected chi connectivity index (χ4v) is 4.73. The van der Waals surface area contributed by atoms with E-state index in [1.165, 1.54) is 13.4 Å². The smallest absolute Gasteiger partial charge is 0.164 e. The first-order valence-corrected chi connectivity index (χ1v) is 13.1. The lowest BCUT2D eigenvalue weighted by Crippen LogP contribution is -2.57. The van der Waals surface area contributed by atoms with E-state index in [9.17, 15) is 20.4 Å². The Balaban J connectivity index is 0.00000420. The molecule has 0 unspecified atom stereocenters. The maximum absolute atomic E-state index is 10.9. The van der Waals surface area contributed by atoms with Gasteiger partial charge in [-0.2, -0.15) is 0 Å². The lowest BCUT2D eigenvalue weighted by atomic mass is 9.99. The van der Waals surface area contributed by atoms with Gasteiger partial charge in [0.05, 0.1) is 50.1 Å². The molecule has 1 fully saturated rings. The van der Waals surface area contributed by atoms with Gasteiger partial charge in [-0.1, -0.05) is 11.6 Å². The van der Waals surface area contributed by atoms with Crippen LogP contribution in [0.25, 0.3) is 10.9 Å². The summed E-state index contributed by atoms with van der Waals surface area (Å²) in [6, 6.07) is 7.93. The number of aromatic nitrogens is 2. The maximum atomic E-state index is 10.9. The van der Waals surface area contributed by atoms with E-state index < -0.39 is 31.0 Å². The van der Waals surface area contributed by atoms with E-state index in [-0.39, 0.29) is 17.8 Å². The number of benzene rings is 2. The topological polar surface area (TPSA) is 181 Å². The number of methoxy groups -OCH3 is 1. The number of fused-ring (bicyclic) bond motifs is 1. The number of nitrogens with zero attached hydrogens (tertiary/aromatic N) is 3. The molecule has 7 N–H and O–H groups in total. The molecular weight excluding hydrogens is 600 g/mol. The van der Waals surface area contributed by atoms with Gasteiger partial charge in [-0.05, 0) is 40.2 Å². The molecule has 214 valence electrons. The Labute approximate surface area is 238 Å². The molecule has 12 nitrogen and oxygen atoms in total. The monoisotopic (exact) mass is 630 g/mol. The predicted octanol–water partition coefficient (Wildman–Crippen LogP) is 1.13. The van der Waals surface area contributed by atoms with Crippen molar-refractivity contribution in [2.24, 2.45) is 0 Å². The Kier molecular flexibility index (Phi) is 11.5. The summed E-state index contributed by atoms with van der Waals surface area (Å²) in [6.45, 7) is 0.942. The second kappa shape index (κ2) is 14.3. The molecular formula is C25H32BrClN4O8. The molecule has 0 spiro atoms. The fraction of sp³-hybridized carbons (Fsp3) is 0.440. The summed E-state index contributed by atoms with van der Waals surface area (Å²) in [7, 11) is 1.46. The van der Waals surface area contributed by atoms with Crippen LogP contribution in [0.4, 0.5) is 11.5 Å². The van der Waals surface area contributed by atoms with Crippen molar-refractivity contribution < 1.29 is 40.1 Å². The van der Waals surface area contributed by atoms with Gasteiger partial charge in [-0.15, -0.1) is 0 Å². The third-order valence-electron chi connectivity index (χ3n) is 6.39. The summed E-state index contributed by atoms with van der Waals surface area (Å²) >= 11 is 9.58. The molecule has 0 amide bonds. The molecule has 39 heavy (non-hydrogen) atoms. The normalized spacial score (nSPS) is 17.1. The van der Waals surface area contributed by atoms with Gasteiger partial charge in [0.2, 0.25) is 0 Å². The summed E-state index contributed by atoms with van der Waals surface area (Å²) in [5.41, 5.74) is 1.23. The standard InChI is InChI=1S/C25H30BrClN4O7.H2O/c1-36-20-9-15-18(28-13-29-25(15)30-14-2-3-16(26)17(27)8-14)10-21(20)38-22(12-33)24(35)23(34)19(11-32)31-4-6-37-7-5-31;/h2-3,8-10,13,19,22-24,32-35H,4-7,11-12H2,1H3,(H,28,29,30);1H2/t19-,22-,23+,24+;/m0./s1. The number of hydrogen-bond donors (Lipinski definition) is 5. The van der Waals surface area contributed by atoms with Crippen LogP contribution in [0.5, 0.6) is 11.5 Å². The summed E-state index contributed by atoms with van der Waals surface area (Å²) in [6.07, 6.45) is -2.73. The molecule has 4 atom stereocenters. The van der Waals surface area contributed by atoms with Crippen LogP contribution in [0.2, 0.25) is 5.02 Å². The zero-order valence-electron chi connectivity index (χ0n) is 21.1. The molecule has 0 radical (unpaired) electrons. The number of ether oxygens (including phenoxy) is 3. The molecule has 0 saturated carbocycles. The summed E-state index contributed by atoms with van der Waals surface area (Å²) < 4.78 is 17.5. The Morgan fingerprint density at radius 2 is 1.82 bits per heavy atom. The fourth-order valence-electron chi connectivity index (χ4n) is 4.30. The molecule has 1 aromatic heterocycles. The van der Waals surface area contributed by atoms with Crippen LogP contribution in [-0.2, 0) is 4.74 Å². The van der Waals surface area contributed by atoms with E-state index >= 15 is 0 Å². The highest BCUT2D eigenvalue weighted by molar-refractivity contribution is 9.10. The van der Waals surface area contributed by atoms with Crippen molar-refractivity contribution in [1.82, 2.24) is 14.9 Å². The zero-order chi connectivity index (χ0) is 27.2. The minimum Gasteiger partial charge on any atom is -0.493 e. The lowest BCUT2D eigenvalue weighted by molar-refractivity contribution is -0.114. The van der Waals surface area contributed by atoms with Crippen LogP contribution >= 0.6 is 27.5 Å². The maximum Gasteiger partial charge on any atom is 0.164 e. The van der Waals surface area contributed by atoms with Gasteiger partial charge in [-0.3, -0.25) is 4.90 Å². The highest BCUT2D eigenvalue weighted by Crippen LogP contribution is 2.36. The van der Waals surface area contributed by atoms with Gasteiger partial charge in [0.1, 0.15) is 24.4 Å². The van der Waals surface area contributed by atoms with Crippen molar-refractivity contribution in [2.45, 2.75) is 24.4 Å². The molecule has 0 bridgehead atoms. The van der Waals surface area contributed by atoms with Crippen molar-refractivity contribution in [2.75, 3.05) is 51.9 Å². The van der Waals surface area contributed by atoms with Crippen molar-refractivity contribution in [3.05, 3.63) is 46.2 Å². The number of aliphatic hydroxyl groups excluding tert-OH is 4. The van der Waals surface area contributed by atoms with Crippen LogP contribution in [0.15, 0.2) is 41.1 Å². The van der Waals surface area contributed by atoms with E-state index in [1.807, 2.05) is 17.0 Å². The number of anilines is 2. The molecule has 3 aromatic rings. The van der Waals surface area contributed by atoms with Crippen LogP contribution in [0.1, 0.15) is 0 Å². The molecule has 2 aromatic carbocycles. The van der Waals surface area contributed by atoms with E-state index in [2.05, 4.69) is 31.2 Å². The molecule has 0 aliphatic carbocycles. The Morgan fingerprint density at radius 3 is 2.46 bits per heavy atom. The lowest BCUT2D eigenvalue weighted by Gasteiger charge is -2.38. The number of halogens is 2. The third kappa shape index (κ3) is 7.25. The Hall–Kier alpha value is -2.33. The molecule has 4 rings (SSSR count). The van der Waals surface area contributed by atoms with Crippen LogP contribution in [0.3, 0.4) is 0 Å². The van der Waals surface area contributed by atoms with E-state index in [1.54, 1.807) is 18.2 Å². The number of rotatable bonds is 11. The average molecular weight is 632 g/mol. The van der Waals surface area contributed by atoms with Crippen molar-refractivity contribution >= 4 is 49.9 Å². The van der Waals surface area contributed by atoms with Gasteiger partial charge in [0.25, 0.3) is 0 Å². The number of morpholine rings is 1. The first kappa shape index (κ1) is 31.2. The molecule has 2 heterocycles. The van der Waals surface area contributed by atoms with Gasteiger partial charge >= 0.3 is 0 Å². The van der Waals surface area contributed by atoms with Gasteiger partial charge in [-0.25, -0.2) is 9.97 Å². The molecule has 1 aliphatic rings. The highest BCUT2D eigenvalue weighted by Gasteiger charge is 2.37. The molecule has 1 aliphatic heterocycles. The summed E-state index contributed by atoms with van der Waals surface area (Å²) in [4.78, 5) is 10.5. The zero-order valence-corrected chi connectivity index (χ0v) is 23.5. The first-order chi connectivity index (χ1) is 18.4. The van der Waals surface area contributed by atoms with Crippen LogP contribution in [0, 0.1) is 0 Å². The first-order valence-electron chi connectivity index (χ1n) is 12.0. The minimum atomic E-state index is -1.51. The minimum absolute atomic E-state index is 0. The van der Waals surface area contributed by atoms with Gasteiger partial charge in [0, 0.05) is 34.7 Å². The number of nitrogens with one attached hydrogen (secondary N) is 1. The van der Waals surface area contributed by atoms with Crippen molar-refractivity contribution in [3.63, 3.8) is 0 Å². The SMILES string of the molecule is COc1cc2c(Nc3ccc(Br)c(Cl)c3)ncnc2cc1O[C@@H](CO)[C@@H](O)[C@H](O)[C@H](CO)N1CCOCC1.O. The summed E-state index contributed by atoms with van der Waals surface area (Å²) in [5.74, 6) is 1.01. The summed E-state index contributed by atoms with van der Waals surface area (Å²) in [5, 5.41) is 46.1. The number of hydrogen-bond acceptors (Lipinski definition) is 11. The molecule has 1 saturated heterocycles. The largest absolute Gasteiger partial charge is 0.493 e. The van der Waals surface area contributed by atoms with E-state index in [0.29, 0.717) is 59.5 Å². The number of aliphatic hydroxyl groups is 4. The Morgan fingerprint density at radius 1 is 1.08 bits per heavy atom. The van der Waals surface area contributed by atoms with E-state index in [0.717, 1.165) is 4.47 Å². The van der Waals surface area contributed by atoms with Crippen molar-refractivity contribution in [1.29, 1.82) is 0 Å². The van der Waals surface area contributed by atoms with Gasteiger partial charge < -0.3 is 45.4 Å². The third-order valence-corrected chi connectivity index (χ3v) is 7.62. The van der Waals surface area contributed by atoms with Crippen LogP contribution in [-0.4, -0.2) is 112 Å². The second-order valence-electron chi connectivity index (χ2n) is 8.71. The Bertz CT molecular complexity index is 1240. The van der Waals surface area contributed by atoms with Gasteiger partial charge in [0.15, 0.2) is 17.6 Å². The van der Waals surface area contributed by atoms with Crippen LogP contribution < -0.4 is 14.8 Å². The van der Waals surface area contributed by atoms with E-state index in [4.69, 9.17) is 25.8 Å². The van der Waals surface area contributed by atoms with Crippen molar-refractivity contribution in [3.8, 4) is 11.5 Å². The molecule has 14 heteroatoms. The second-order valence-corrected chi connectivity index (χ2v) is 9.98. The predicted molar refractivity (Wildman–Crippen MR) is 149 cm³/mol. The quantitative estimate of drug-likeness (QED) is 0.205.